The lowest BCUT2D eigenvalue weighted by Crippen LogP contribution is -2.08. The number of halogens is 1. The molecule has 0 unspecified atom stereocenters. The maximum atomic E-state index is 13.2. The van der Waals surface area contributed by atoms with E-state index in [0.29, 0.717) is 18.4 Å². The predicted octanol–water partition coefficient (Wildman–Crippen LogP) is 4.52. The summed E-state index contributed by atoms with van der Waals surface area (Å²) in [6, 6.07) is 14.4. The van der Waals surface area contributed by atoms with Crippen LogP contribution in [0.3, 0.4) is 0 Å². The van der Waals surface area contributed by atoms with Crippen molar-refractivity contribution in [3.63, 3.8) is 0 Å². The number of nitrogens with zero attached hydrogens (tertiary/aromatic N) is 1. The first kappa shape index (κ1) is 14.4. The van der Waals surface area contributed by atoms with Crippen molar-refractivity contribution in [2.45, 2.75) is 26.5 Å². The average molecular weight is 298 g/mol. The van der Waals surface area contributed by atoms with E-state index in [9.17, 15) is 4.39 Å². The van der Waals surface area contributed by atoms with E-state index in [1.807, 2.05) is 18.2 Å². The number of ether oxygens (including phenoxy) is 1. The molecule has 0 amide bonds. The molecule has 3 aromatic rings. The molecule has 0 aliphatic rings. The van der Waals surface area contributed by atoms with E-state index in [1.54, 1.807) is 12.1 Å². The third-order valence-corrected chi connectivity index (χ3v) is 3.64. The summed E-state index contributed by atoms with van der Waals surface area (Å²) in [5, 5.41) is 1.09. The number of nitrogen functional groups attached to an aromatic ring is 1. The Labute approximate surface area is 129 Å². The highest BCUT2D eigenvalue weighted by Crippen LogP contribution is 2.27. The lowest BCUT2D eigenvalue weighted by molar-refractivity contribution is 0.291. The summed E-state index contributed by atoms with van der Waals surface area (Å²) in [5.41, 5.74) is 8.77. The van der Waals surface area contributed by atoms with Gasteiger partial charge >= 0.3 is 0 Å². The van der Waals surface area contributed by atoms with Gasteiger partial charge in [-0.3, -0.25) is 0 Å². The van der Waals surface area contributed by atoms with E-state index in [-0.39, 0.29) is 5.82 Å². The normalized spacial score (nSPS) is 11.3. The quantitative estimate of drug-likeness (QED) is 0.719. The molecule has 0 saturated carbocycles. The minimum Gasteiger partial charge on any atom is -0.487 e. The molecule has 0 aliphatic carbocycles. The van der Waals surface area contributed by atoms with Gasteiger partial charge in [0.25, 0.3) is 0 Å². The van der Waals surface area contributed by atoms with E-state index in [2.05, 4.69) is 24.5 Å². The summed E-state index contributed by atoms with van der Waals surface area (Å²) in [6.07, 6.45) is 0. The Balaban J connectivity index is 1.94. The molecule has 0 fully saturated rings. The van der Waals surface area contributed by atoms with Crippen LogP contribution in [-0.4, -0.2) is 4.57 Å². The number of anilines is 1. The molecule has 3 rings (SSSR count). The van der Waals surface area contributed by atoms with Crippen LogP contribution in [0.2, 0.25) is 0 Å². The molecule has 1 aromatic heterocycles. The summed E-state index contributed by atoms with van der Waals surface area (Å²) < 4.78 is 21.2. The number of nitrogens with two attached hydrogens (primary N) is 1. The third kappa shape index (κ3) is 2.77. The fourth-order valence-corrected chi connectivity index (χ4v) is 2.75. The number of aromatic nitrogens is 1. The molecule has 114 valence electrons. The van der Waals surface area contributed by atoms with Crippen molar-refractivity contribution >= 4 is 16.6 Å². The lowest BCUT2D eigenvalue weighted by atomic mass is 10.2. The lowest BCUT2D eigenvalue weighted by Gasteiger charge is -2.15. The Morgan fingerprint density at radius 3 is 2.68 bits per heavy atom. The second kappa shape index (κ2) is 5.72. The zero-order valence-electron chi connectivity index (χ0n) is 12.7. The number of rotatable bonds is 4. The second-order valence-corrected chi connectivity index (χ2v) is 5.66. The molecule has 22 heavy (non-hydrogen) atoms. The Morgan fingerprint density at radius 2 is 1.95 bits per heavy atom. The first-order valence-electron chi connectivity index (χ1n) is 7.32. The minimum atomic E-state index is -0.297. The van der Waals surface area contributed by atoms with E-state index >= 15 is 0 Å². The van der Waals surface area contributed by atoms with Crippen LogP contribution in [0, 0.1) is 5.82 Å². The topological polar surface area (TPSA) is 40.2 Å². The fraction of sp³-hybridized carbons (Fsp3) is 0.222. The van der Waals surface area contributed by atoms with Crippen LogP contribution >= 0.6 is 0 Å². The maximum Gasteiger partial charge on any atom is 0.128 e. The van der Waals surface area contributed by atoms with Gasteiger partial charge in [-0.15, -0.1) is 0 Å². The van der Waals surface area contributed by atoms with Gasteiger partial charge < -0.3 is 15.0 Å². The fourth-order valence-electron chi connectivity index (χ4n) is 2.75. The highest BCUT2D eigenvalue weighted by molar-refractivity contribution is 5.84. The maximum absolute atomic E-state index is 13.2. The highest BCUT2D eigenvalue weighted by Gasteiger charge is 2.12. The van der Waals surface area contributed by atoms with E-state index in [4.69, 9.17) is 10.5 Å². The van der Waals surface area contributed by atoms with Gasteiger partial charge in [0.05, 0.1) is 5.69 Å². The minimum absolute atomic E-state index is 0.297. The summed E-state index contributed by atoms with van der Waals surface area (Å²) in [6.45, 7) is 4.64. The zero-order valence-corrected chi connectivity index (χ0v) is 12.7. The van der Waals surface area contributed by atoms with Crippen molar-refractivity contribution in [3.05, 3.63) is 60.0 Å². The molecule has 0 radical (unpaired) electrons. The molecule has 1 heterocycles. The molecule has 2 aromatic carbocycles. The first-order chi connectivity index (χ1) is 10.5. The van der Waals surface area contributed by atoms with E-state index in [1.165, 1.54) is 12.1 Å². The van der Waals surface area contributed by atoms with Crippen LogP contribution in [0.5, 0.6) is 5.75 Å². The van der Waals surface area contributed by atoms with Crippen molar-refractivity contribution in [1.82, 2.24) is 4.57 Å². The van der Waals surface area contributed by atoms with Crippen LogP contribution in [0.15, 0.2) is 48.5 Å². The molecule has 2 N–H and O–H groups in total. The van der Waals surface area contributed by atoms with Crippen molar-refractivity contribution in [1.29, 1.82) is 0 Å². The smallest absolute Gasteiger partial charge is 0.128 e. The Bertz CT molecular complexity index is 808. The molecule has 0 aliphatic heterocycles. The van der Waals surface area contributed by atoms with Gasteiger partial charge in [0.2, 0.25) is 0 Å². The SMILES string of the molecule is CC(C)n1c(COc2cccc(F)c2)cc2cc(N)ccc21. The Hall–Kier alpha value is -2.49. The van der Waals surface area contributed by atoms with Crippen LogP contribution in [0.25, 0.3) is 10.9 Å². The largest absolute Gasteiger partial charge is 0.487 e. The van der Waals surface area contributed by atoms with Crippen LogP contribution in [0.4, 0.5) is 10.1 Å². The summed E-state index contributed by atoms with van der Waals surface area (Å²) >= 11 is 0. The number of fused-ring (bicyclic) bond motifs is 1. The van der Waals surface area contributed by atoms with Gasteiger partial charge in [-0.05, 0) is 50.2 Å². The van der Waals surface area contributed by atoms with E-state index in [0.717, 1.165) is 22.3 Å². The average Bonchev–Trinajstić information content (AvgIpc) is 2.82. The summed E-state index contributed by atoms with van der Waals surface area (Å²) in [7, 11) is 0. The molecule has 0 spiro atoms. The van der Waals surface area contributed by atoms with E-state index < -0.39 is 0 Å². The zero-order chi connectivity index (χ0) is 15.7. The predicted molar refractivity (Wildman–Crippen MR) is 87.5 cm³/mol. The highest BCUT2D eigenvalue weighted by atomic mass is 19.1. The summed E-state index contributed by atoms with van der Waals surface area (Å²) in [5.74, 6) is 0.231. The molecular formula is C18H19FN2O. The Kier molecular flexibility index (Phi) is 3.75. The van der Waals surface area contributed by atoms with Crippen LogP contribution in [-0.2, 0) is 6.61 Å². The monoisotopic (exact) mass is 298 g/mol. The molecular weight excluding hydrogens is 279 g/mol. The molecule has 3 nitrogen and oxygen atoms in total. The second-order valence-electron chi connectivity index (χ2n) is 5.66. The van der Waals surface area contributed by atoms with Gasteiger partial charge in [-0.1, -0.05) is 6.07 Å². The van der Waals surface area contributed by atoms with Crippen molar-refractivity contribution < 1.29 is 9.13 Å². The molecule has 4 heteroatoms. The van der Waals surface area contributed by atoms with Gasteiger partial charge in [-0.2, -0.15) is 0 Å². The molecule has 0 atom stereocenters. The first-order valence-corrected chi connectivity index (χ1v) is 7.32. The van der Waals surface area contributed by atoms with Crippen molar-refractivity contribution in [2.75, 3.05) is 5.73 Å². The number of benzene rings is 2. The third-order valence-electron chi connectivity index (χ3n) is 3.64. The van der Waals surface area contributed by atoms with Gasteiger partial charge in [-0.25, -0.2) is 4.39 Å². The van der Waals surface area contributed by atoms with Crippen molar-refractivity contribution in [3.8, 4) is 5.75 Å². The van der Waals surface area contributed by atoms with Crippen LogP contribution in [0.1, 0.15) is 25.6 Å². The molecule has 0 saturated heterocycles. The van der Waals surface area contributed by atoms with Gasteiger partial charge in [0.15, 0.2) is 0 Å². The summed E-state index contributed by atoms with van der Waals surface area (Å²) in [4.78, 5) is 0. The number of hydrogen-bond acceptors (Lipinski definition) is 2. The van der Waals surface area contributed by atoms with Gasteiger partial charge in [0, 0.05) is 28.7 Å². The van der Waals surface area contributed by atoms with Gasteiger partial charge in [0.1, 0.15) is 18.2 Å². The number of hydrogen-bond donors (Lipinski definition) is 1. The van der Waals surface area contributed by atoms with Crippen LogP contribution < -0.4 is 10.5 Å². The van der Waals surface area contributed by atoms with Crippen molar-refractivity contribution in [2.24, 2.45) is 0 Å². The standard InChI is InChI=1S/C18H19FN2O/c1-12(2)21-16(9-13-8-15(20)6-7-18(13)21)11-22-17-5-3-4-14(19)10-17/h3-10,12H,11,20H2,1-2H3. The molecule has 0 bridgehead atoms. The Morgan fingerprint density at radius 1 is 1.14 bits per heavy atom.